The van der Waals surface area contributed by atoms with Crippen LogP contribution in [0.1, 0.15) is 62.5 Å². The zero-order chi connectivity index (χ0) is 24.8. The number of likely N-dealkylation sites (tertiary alicyclic amines) is 1. The summed E-state index contributed by atoms with van der Waals surface area (Å²) in [6.07, 6.45) is 3.39. The van der Waals surface area contributed by atoms with Crippen molar-refractivity contribution in [3.8, 4) is 11.1 Å². The van der Waals surface area contributed by atoms with Gasteiger partial charge < -0.3 is 20.1 Å². The Kier molecular flexibility index (Phi) is 8.06. The molecular weight excluding hydrogens is 444 g/mol. The van der Waals surface area contributed by atoms with Crippen LogP contribution in [0.2, 0.25) is 0 Å². The lowest BCUT2D eigenvalue weighted by molar-refractivity contribution is -0.145. The lowest BCUT2D eigenvalue weighted by Gasteiger charge is -2.32. The van der Waals surface area contributed by atoms with Crippen LogP contribution in [-0.2, 0) is 14.3 Å². The van der Waals surface area contributed by atoms with Gasteiger partial charge in [-0.05, 0) is 41.5 Å². The lowest BCUT2D eigenvalue weighted by atomic mass is 9.97. The second-order valence-electron chi connectivity index (χ2n) is 9.53. The molecule has 0 spiro atoms. The van der Waals surface area contributed by atoms with Crippen LogP contribution in [0, 0.1) is 5.92 Å². The Bertz CT molecular complexity index is 1020. The number of hydrogen-bond acceptors (Lipinski definition) is 4. The molecule has 1 heterocycles. The number of carboxylic acids is 1. The molecule has 1 saturated heterocycles. The topological polar surface area (TPSA) is 95.9 Å². The zero-order valence-electron chi connectivity index (χ0n) is 20.2. The van der Waals surface area contributed by atoms with E-state index < -0.39 is 18.0 Å². The zero-order valence-corrected chi connectivity index (χ0v) is 20.2. The van der Waals surface area contributed by atoms with Crippen LogP contribution in [0.3, 0.4) is 0 Å². The highest BCUT2D eigenvalue weighted by atomic mass is 16.5. The number of carboxylic acid groups (broad SMARTS) is 1. The van der Waals surface area contributed by atoms with Crippen molar-refractivity contribution in [2.24, 2.45) is 5.92 Å². The third-order valence-corrected chi connectivity index (χ3v) is 7.12. The molecule has 7 heteroatoms. The summed E-state index contributed by atoms with van der Waals surface area (Å²) in [6, 6.07) is 16.0. The number of piperidine rings is 1. The molecule has 2 aromatic carbocycles. The number of hydrogen-bond donors (Lipinski definition) is 2. The number of amides is 2. The lowest BCUT2D eigenvalue weighted by Crippen LogP contribution is -2.45. The SMILES string of the molecule is CCCC[C@H](CC(=O)N1CCC[C@@H](C(=O)O)C1)NC(=O)OCC1c2ccccc2-c2ccccc21. The van der Waals surface area contributed by atoms with E-state index in [0.29, 0.717) is 25.8 Å². The van der Waals surface area contributed by atoms with Crippen LogP contribution in [-0.4, -0.2) is 53.7 Å². The summed E-state index contributed by atoms with van der Waals surface area (Å²) in [5, 5.41) is 12.2. The second-order valence-corrected chi connectivity index (χ2v) is 9.53. The predicted octanol–water partition coefficient (Wildman–Crippen LogP) is 4.80. The molecule has 2 atom stereocenters. The van der Waals surface area contributed by atoms with Crippen LogP contribution in [0.4, 0.5) is 4.79 Å². The highest BCUT2D eigenvalue weighted by Gasteiger charge is 2.31. The number of alkyl carbamates (subject to hydrolysis) is 1. The Morgan fingerprint density at radius 3 is 2.37 bits per heavy atom. The van der Waals surface area contributed by atoms with E-state index in [0.717, 1.165) is 24.0 Å². The molecule has 0 unspecified atom stereocenters. The fourth-order valence-corrected chi connectivity index (χ4v) is 5.23. The molecule has 1 aliphatic carbocycles. The van der Waals surface area contributed by atoms with Crippen LogP contribution in [0.25, 0.3) is 11.1 Å². The van der Waals surface area contributed by atoms with Crippen molar-refractivity contribution in [3.63, 3.8) is 0 Å². The molecule has 0 radical (unpaired) electrons. The van der Waals surface area contributed by atoms with E-state index in [9.17, 15) is 19.5 Å². The van der Waals surface area contributed by atoms with Crippen LogP contribution in [0.15, 0.2) is 48.5 Å². The largest absolute Gasteiger partial charge is 0.481 e. The fraction of sp³-hybridized carbons (Fsp3) is 0.464. The van der Waals surface area contributed by atoms with E-state index in [-0.39, 0.29) is 37.4 Å². The normalized spacial score (nSPS) is 17.9. The van der Waals surface area contributed by atoms with E-state index >= 15 is 0 Å². The smallest absolute Gasteiger partial charge is 0.407 e. The third kappa shape index (κ3) is 5.84. The maximum Gasteiger partial charge on any atom is 0.407 e. The number of fused-ring (bicyclic) bond motifs is 3. The first kappa shape index (κ1) is 24.8. The number of ether oxygens (including phenoxy) is 1. The highest BCUT2D eigenvalue weighted by molar-refractivity contribution is 5.80. The quantitative estimate of drug-likeness (QED) is 0.540. The first-order valence-electron chi connectivity index (χ1n) is 12.6. The second kappa shape index (κ2) is 11.4. The van der Waals surface area contributed by atoms with Gasteiger partial charge in [-0.1, -0.05) is 68.3 Å². The Morgan fingerprint density at radius 1 is 1.09 bits per heavy atom. The van der Waals surface area contributed by atoms with Gasteiger partial charge in [-0.2, -0.15) is 0 Å². The van der Waals surface area contributed by atoms with Crippen molar-refractivity contribution in [1.29, 1.82) is 0 Å². The minimum Gasteiger partial charge on any atom is -0.481 e. The molecule has 35 heavy (non-hydrogen) atoms. The Labute approximate surface area is 206 Å². The first-order valence-corrected chi connectivity index (χ1v) is 12.6. The van der Waals surface area contributed by atoms with E-state index in [4.69, 9.17) is 4.74 Å². The van der Waals surface area contributed by atoms with Gasteiger partial charge in [0.05, 0.1) is 5.92 Å². The number of benzene rings is 2. The van der Waals surface area contributed by atoms with Crippen molar-refractivity contribution >= 4 is 18.0 Å². The maximum atomic E-state index is 12.9. The van der Waals surface area contributed by atoms with Gasteiger partial charge in [-0.3, -0.25) is 9.59 Å². The van der Waals surface area contributed by atoms with Crippen molar-refractivity contribution < 1.29 is 24.2 Å². The molecule has 2 N–H and O–H groups in total. The van der Waals surface area contributed by atoms with Crippen molar-refractivity contribution in [2.75, 3.05) is 19.7 Å². The first-order chi connectivity index (χ1) is 17.0. The molecule has 1 fully saturated rings. The number of unbranched alkanes of at least 4 members (excludes halogenated alkanes) is 1. The van der Waals surface area contributed by atoms with Gasteiger partial charge in [-0.25, -0.2) is 4.79 Å². The molecule has 2 amide bonds. The summed E-state index contributed by atoms with van der Waals surface area (Å²) in [5.41, 5.74) is 4.64. The number of carbonyl (C=O) groups excluding carboxylic acids is 2. The summed E-state index contributed by atoms with van der Waals surface area (Å²) in [4.78, 5) is 38.6. The predicted molar refractivity (Wildman–Crippen MR) is 133 cm³/mol. The van der Waals surface area contributed by atoms with E-state index in [1.807, 2.05) is 24.3 Å². The van der Waals surface area contributed by atoms with Crippen molar-refractivity contribution in [3.05, 3.63) is 59.7 Å². The molecule has 186 valence electrons. The molecule has 4 rings (SSSR count). The van der Waals surface area contributed by atoms with Gasteiger partial charge in [0, 0.05) is 31.5 Å². The summed E-state index contributed by atoms with van der Waals surface area (Å²) in [6.45, 7) is 3.09. The van der Waals surface area contributed by atoms with Gasteiger partial charge in [0.25, 0.3) is 0 Å². The van der Waals surface area contributed by atoms with Gasteiger partial charge >= 0.3 is 12.1 Å². The minimum absolute atomic E-state index is 0.0230. The molecule has 2 aliphatic rings. The summed E-state index contributed by atoms with van der Waals surface area (Å²) in [7, 11) is 0. The van der Waals surface area contributed by atoms with Crippen molar-refractivity contribution in [2.45, 2.75) is 57.4 Å². The van der Waals surface area contributed by atoms with Crippen LogP contribution in [0.5, 0.6) is 0 Å². The van der Waals surface area contributed by atoms with Crippen LogP contribution < -0.4 is 5.32 Å². The van der Waals surface area contributed by atoms with Gasteiger partial charge in [0.2, 0.25) is 5.91 Å². The number of nitrogens with one attached hydrogen (secondary N) is 1. The van der Waals surface area contributed by atoms with Gasteiger partial charge in [0.15, 0.2) is 0 Å². The number of nitrogens with zero attached hydrogens (tertiary/aromatic N) is 1. The van der Waals surface area contributed by atoms with Crippen LogP contribution >= 0.6 is 0 Å². The summed E-state index contributed by atoms with van der Waals surface area (Å²) < 4.78 is 5.67. The highest BCUT2D eigenvalue weighted by Crippen LogP contribution is 2.44. The molecule has 2 aromatic rings. The maximum absolute atomic E-state index is 12.9. The average molecular weight is 479 g/mol. The summed E-state index contributed by atoms with van der Waals surface area (Å²) >= 11 is 0. The molecule has 7 nitrogen and oxygen atoms in total. The third-order valence-electron chi connectivity index (χ3n) is 7.12. The van der Waals surface area contributed by atoms with E-state index in [1.165, 1.54) is 11.1 Å². The molecule has 1 aliphatic heterocycles. The fourth-order valence-electron chi connectivity index (χ4n) is 5.23. The molecular formula is C28H34N2O5. The summed E-state index contributed by atoms with van der Waals surface area (Å²) in [5.74, 6) is -1.51. The molecule has 0 aromatic heterocycles. The minimum atomic E-state index is -0.859. The number of carbonyl (C=O) groups is 3. The molecule has 0 bridgehead atoms. The van der Waals surface area contributed by atoms with Gasteiger partial charge in [-0.15, -0.1) is 0 Å². The Hall–Kier alpha value is -3.35. The number of rotatable bonds is 9. The van der Waals surface area contributed by atoms with E-state index in [2.05, 4.69) is 36.5 Å². The standard InChI is InChI=1S/C28H34N2O5/c1-2-3-10-20(16-26(31)30-15-8-9-19(17-30)27(32)33)29-28(34)35-18-25-23-13-6-4-11-21(23)22-12-5-7-14-24(22)25/h4-7,11-14,19-20,25H,2-3,8-10,15-18H2,1H3,(H,29,34)(H,32,33)/t19-,20-/m1/s1. The number of aliphatic carboxylic acids is 1. The van der Waals surface area contributed by atoms with Crippen molar-refractivity contribution in [1.82, 2.24) is 10.2 Å². The van der Waals surface area contributed by atoms with Gasteiger partial charge in [0.1, 0.15) is 6.61 Å². The Morgan fingerprint density at radius 2 is 1.74 bits per heavy atom. The Balaban J connectivity index is 1.36. The molecule has 0 saturated carbocycles. The van der Waals surface area contributed by atoms with E-state index in [1.54, 1.807) is 4.90 Å². The monoisotopic (exact) mass is 478 g/mol. The average Bonchev–Trinajstić information content (AvgIpc) is 3.19.